The molecule has 1 aromatic rings. The van der Waals surface area contributed by atoms with Crippen molar-refractivity contribution in [3.63, 3.8) is 0 Å². The first-order valence-electron chi connectivity index (χ1n) is 11.2. The number of carboxylic acids is 1. The average Bonchev–Trinajstić information content (AvgIpc) is 3.05. The second kappa shape index (κ2) is 9.92. The summed E-state index contributed by atoms with van der Waals surface area (Å²) >= 11 is 1.41. The Morgan fingerprint density at radius 2 is 1.55 bits per heavy atom. The Kier molecular flexibility index (Phi) is 7.55. The zero-order valence-corrected chi connectivity index (χ0v) is 18.8. The Balaban J connectivity index is 1.75. The van der Waals surface area contributed by atoms with Gasteiger partial charge in [-0.2, -0.15) is 0 Å². The third-order valence-electron chi connectivity index (χ3n) is 6.62. The lowest BCUT2D eigenvalue weighted by molar-refractivity contribution is -0.136. The van der Waals surface area contributed by atoms with Gasteiger partial charge >= 0.3 is 12.0 Å². The van der Waals surface area contributed by atoms with Gasteiger partial charge in [0.05, 0.1) is 12.1 Å². The van der Waals surface area contributed by atoms with Gasteiger partial charge in [-0.3, -0.25) is 10.1 Å². The summed E-state index contributed by atoms with van der Waals surface area (Å²) in [6, 6.07) is 0.546. The number of rotatable bonds is 6. The number of nitrogens with zero attached hydrogens (tertiary/aromatic N) is 2. The van der Waals surface area contributed by atoms with Gasteiger partial charge in [-0.15, -0.1) is 11.3 Å². The van der Waals surface area contributed by atoms with Gasteiger partial charge in [0.1, 0.15) is 0 Å². The van der Waals surface area contributed by atoms with Gasteiger partial charge in [0.2, 0.25) is 0 Å². The van der Waals surface area contributed by atoms with E-state index in [1.165, 1.54) is 37.0 Å². The fourth-order valence-electron chi connectivity index (χ4n) is 4.82. The van der Waals surface area contributed by atoms with Gasteiger partial charge in [0.25, 0.3) is 0 Å². The molecule has 2 amide bonds. The minimum Gasteiger partial charge on any atom is -0.481 e. The number of hydrogen-bond acceptors (Lipinski definition) is 4. The highest BCUT2D eigenvalue weighted by atomic mass is 32.1. The van der Waals surface area contributed by atoms with Gasteiger partial charge in [0.15, 0.2) is 5.13 Å². The number of anilines is 1. The predicted molar refractivity (Wildman–Crippen MR) is 117 cm³/mol. The van der Waals surface area contributed by atoms with Crippen molar-refractivity contribution in [2.75, 3.05) is 5.32 Å². The number of thiazole rings is 1. The van der Waals surface area contributed by atoms with Crippen LogP contribution in [0.25, 0.3) is 0 Å². The van der Waals surface area contributed by atoms with Crippen LogP contribution in [0.2, 0.25) is 0 Å². The van der Waals surface area contributed by atoms with Crippen LogP contribution in [-0.2, 0) is 17.6 Å². The summed E-state index contributed by atoms with van der Waals surface area (Å²) in [7, 11) is 0. The molecule has 2 saturated carbocycles. The summed E-state index contributed by atoms with van der Waals surface area (Å²) in [4.78, 5) is 32.0. The molecule has 2 aliphatic rings. The summed E-state index contributed by atoms with van der Waals surface area (Å²) in [5, 5.41) is 12.7. The molecule has 6 nitrogen and oxygen atoms in total. The first-order valence-corrected chi connectivity index (χ1v) is 12.0. The van der Waals surface area contributed by atoms with Crippen LogP contribution in [0.3, 0.4) is 0 Å². The van der Waals surface area contributed by atoms with E-state index in [4.69, 9.17) is 5.11 Å². The standard InChI is InChI=1S/C22H35N3O3S/c1-4-19-18(13-20(26)27)23-21(29-19)24-22(28)25(16-9-5-14(2)6-10-16)17-11-7-15(3)8-12-17/h14-17H,4-13H2,1-3H3,(H,26,27)(H,23,24,28). The minimum atomic E-state index is -0.892. The number of carbonyl (C=O) groups excluding carboxylic acids is 1. The molecule has 7 heteroatoms. The van der Waals surface area contributed by atoms with Crippen LogP contribution in [0.4, 0.5) is 9.93 Å². The number of amides is 2. The first kappa shape index (κ1) is 22.1. The molecule has 0 radical (unpaired) electrons. The summed E-state index contributed by atoms with van der Waals surface area (Å²) in [5.41, 5.74) is 0.574. The molecule has 1 heterocycles. The number of hydrogen-bond donors (Lipinski definition) is 2. The molecule has 2 N–H and O–H groups in total. The quantitative estimate of drug-likeness (QED) is 0.651. The number of carboxylic acid groups (broad SMARTS) is 1. The first-order chi connectivity index (χ1) is 13.9. The fourth-order valence-corrected chi connectivity index (χ4v) is 5.73. The normalized spacial score (nSPS) is 27.4. The Hall–Kier alpha value is -1.63. The zero-order valence-electron chi connectivity index (χ0n) is 17.9. The number of aliphatic carboxylic acids is 1. The van der Waals surface area contributed by atoms with E-state index in [9.17, 15) is 9.59 Å². The maximum atomic E-state index is 13.4. The molecule has 2 aliphatic carbocycles. The van der Waals surface area contributed by atoms with Gasteiger partial charge in [-0.1, -0.05) is 20.8 Å². The number of urea groups is 1. The van der Waals surface area contributed by atoms with Crippen LogP contribution in [0.5, 0.6) is 0 Å². The smallest absolute Gasteiger partial charge is 0.324 e. The maximum Gasteiger partial charge on any atom is 0.324 e. The van der Waals surface area contributed by atoms with Gasteiger partial charge in [-0.05, 0) is 69.6 Å². The van der Waals surface area contributed by atoms with Crippen LogP contribution < -0.4 is 5.32 Å². The Labute approximate surface area is 178 Å². The second-order valence-electron chi connectivity index (χ2n) is 8.98. The molecule has 29 heavy (non-hydrogen) atoms. The largest absolute Gasteiger partial charge is 0.481 e. The van der Waals surface area contributed by atoms with E-state index in [1.54, 1.807) is 0 Å². The number of nitrogens with one attached hydrogen (secondary N) is 1. The van der Waals surface area contributed by atoms with Crippen LogP contribution in [0, 0.1) is 11.8 Å². The Bertz CT molecular complexity index is 682. The van der Waals surface area contributed by atoms with Crippen LogP contribution in [0.1, 0.15) is 82.7 Å². The van der Waals surface area contributed by atoms with Gasteiger partial charge < -0.3 is 10.0 Å². The molecular weight excluding hydrogens is 386 g/mol. The van der Waals surface area contributed by atoms with Gasteiger partial charge in [0, 0.05) is 17.0 Å². The van der Waals surface area contributed by atoms with E-state index < -0.39 is 5.97 Å². The Morgan fingerprint density at radius 1 is 1.03 bits per heavy atom. The van der Waals surface area contributed by atoms with E-state index in [0.29, 0.717) is 22.9 Å². The molecule has 0 saturated heterocycles. The third-order valence-corrected chi connectivity index (χ3v) is 7.78. The molecule has 0 aromatic carbocycles. The van der Waals surface area contributed by atoms with E-state index >= 15 is 0 Å². The van der Waals surface area contributed by atoms with Gasteiger partial charge in [-0.25, -0.2) is 9.78 Å². The second-order valence-corrected chi connectivity index (χ2v) is 10.1. The molecular formula is C22H35N3O3S. The number of aryl methyl sites for hydroxylation is 1. The molecule has 2 fully saturated rings. The van der Waals surface area contributed by atoms with Crippen LogP contribution in [-0.4, -0.2) is 39.1 Å². The summed E-state index contributed by atoms with van der Waals surface area (Å²) < 4.78 is 0. The summed E-state index contributed by atoms with van der Waals surface area (Å²) in [5.74, 6) is 0.594. The van der Waals surface area contributed by atoms with E-state index in [1.807, 2.05) is 6.92 Å². The van der Waals surface area contributed by atoms with Crippen molar-refractivity contribution in [3.8, 4) is 0 Å². The highest BCUT2D eigenvalue weighted by Crippen LogP contribution is 2.34. The molecule has 0 aliphatic heterocycles. The fraction of sp³-hybridized carbons (Fsp3) is 0.773. The predicted octanol–water partition coefficient (Wildman–Crippen LogP) is 5.32. The maximum absolute atomic E-state index is 13.4. The highest BCUT2D eigenvalue weighted by molar-refractivity contribution is 7.15. The van der Waals surface area contributed by atoms with Crippen molar-refractivity contribution >= 4 is 28.5 Å². The summed E-state index contributed by atoms with van der Waals surface area (Å²) in [6.07, 6.45) is 9.63. The van der Waals surface area contributed by atoms with Crippen LogP contribution in [0.15, 0.2) is 0 Å². The molecule has 1 aromatic heterocycles. The molecule has 0 bridgehead atoms. The van der Waals surface area contributed by atoms with Crippen molar-refractivity contribution in [3.05, 3.63) is 10.6 Å². The van der Waals surface area contributed by atoms with E-state index in [2.05, 4.69) is 29.0 Å². The van der Waals surface area contributed by atoms with E-state index in [0.717, 1.165) is 48.8 Å². The van der Waals surface area contributed by atoms with Crippen molar-refractivity contribution in [1.29, 1.82) is 0 Å². The number of carbonyl (C=O) groups is 2. The van der Waals surface area contributed by atoms with Crippen molar-refractivity contribution in [2.24, 2.45) is 11.8 Å². The lowest BCUT2D eigenvalue weighted by Gasteiger charge is -2.43. The lowest BCUT2D eigenvalue weighted by atomic mass is 9.82. The van der Waals surface area contributed by atoms with Crippen molar-refractivity contribution in [1.82, 2.24) is 9.88 Å². The monoisotopic (exact) mass is 421 g/mol. The average molecular weight is 422 g/mol. The summed E-state index contributed by atoms with van der Waals surface area (Å²) in [6.45, 7) is 6.59. The number of aromatic nitrogens is 1. The molecule has 162 valence electrons. The molecule has 0 atom stereocenters. The zero-order chi connectivity index (χ0) is 21.0. The topological polar surface area (TPSA) is 82.5 Å². The lowest BCUT2D eigenvalue weighted by Crippen LogP contribution is -2.51. The minimum absolute atomic E-state index is 0.0533. The molecule has 3 rings (SSSR count). The molecule has 0 spiro atoms. The van der Waals surface area contributed by atoms with Crippen molar-refractivity contribution in [2.45, 2.75) is 97.1 Å². The van der Waals surface area contributed by atoms with Crippen molar-refractivity contribution < 1.29 is 14.7 Å². The SMILES string of the molecule is CCc1sc(NC(=O)N(C2CCC(C)CC2)C2CCC(C)CC2)nc1CC(=O)O. The Morgan fingerprint density at radius 3 is 2.00 bits per heavy atom. The molecule has 0 unspecified atom stereocenters. The third kappa shape index (κ3) is 5.71. The van der Waals surface area contributed by atoms with E-state index in [-0.39, 0.29) is 12.5 Å². The highest BCUT2D eigenvalue weighted by Gasteiger charge is 2.35. The van der Waals surface area contributed by atoms with Crippen LogP contribution >= 0.6 is 11.3 Å².